The van der Waals surface area contributed by atoms with Crippen molar-refractivity contribution in [3.8, 4) is 5.75 Å². The quantitative estimate of drug-likeness (QED) is 0.472. The average molecular weight is 441 g/mol. The summed E-state index contributed by atoms with van der Waals surface area (Å²) in [5, 5.41) is 11.4. The van der Waals surface area contributed by atoms with Gasteiger partial charge in [-0.15, -0.1) is 0 Å². The lowest BCUT2D eigenvalue weighted by Gasteiger charge is -2.38. The lowest BCUT2D eigenvalue weighted by molar-refractivity contribution is 0.0179. The molecule has 0 fully saturated rings. The summed E-state index contributed by atoms with van der Waals surface area (Å²) >= 11 is 0. The molecule has 0 saturated heterocycles. The van der Waals surface area contributed by atoms with Crippen molar-refractivity contribution in [1.29, 1.82) is 0 Å². The Kier molecular flexibility index (Phi) is 5.54. The number of aromatic nitrogens is 2. The second kappa shape index (κ2) is 8.80. The number of methoxy groups -OCH3 is 1. The summed E-state index contributed by atoms with van der Waals surface area (Å²) in [6.45, 7) is 0.711. The van der Waals surface area contributed by atoms with Crippen molar-refractivity contribution in [1.82, 2.24) is 14.5 Å². The zero-order chi connectivity index (χ0) is 22.8. The van der Waals surface area contributed by atoms with E-state index in [0.717, 1.165) is 16.9 Å². The van der Waals surface area contributed by atoms with Crippen LogP contribution in [0.25, 0.3) is 0 Å². The highest BCUT2D eigenvalue weighted by atomic mass is 16.5. The first-order valence-corrected chi connectivity index (χ1v) is 10.7. The second-order valence-electron chi connectivity index (χ2n) is 7.83. The summed E-state index contributed by atoms with van der Waals surface area (Å²) in [5.74, 6) is 1.18. The van der Waals surface area contributed by atoms with Crippen LogP contribution in [0, 0.1) is 0 Å². The van der Waals surface area contributed by atoms with E-state index in [0.29, 0.717) is 23.7 Å². The molecule has 1 N–H and O–H groups in total. The molecule has 5 rings (SSSR count). The molecule has 3 aromatic carbocycles. The standard InChI is InChI=1S/C26H24N4O3/c1-33-22-15-9-8-12-20(22)17-28-18-27-24-23(28)25(31)29(16-19-10-4-2-5-11-19)26(32)30(24)21-13-6-3-7-14-21/h2-15,18,25,31H,16-17H2,1H3. The maximum absolute atomic E-state index is 13.6. The van der Waals surface area contributed by atoms with Crippen LogP contribution in [-0.2, 0) is 13.1 Å². The van der Waals surface area contributed by atoms with Crippen molar-refractivity contribution in [3.63, 3.8) is 0 Å². The Balaban J connectivity index is 1.59. The molecular weight excluding hydrogens is 416 g/mol. The van der Waals surface area contributed by atoms with E-state index in [1.807, 2.05) is 89.5 Å². The number of nitrogens with zero attached hydrogens (tertiary/aromatic N) is 4. The van der Waals surface area contributed by atoms with Gasteiger partial charge >= 0.3 is 6.03 Å². The van der Waals surface area contributed by atoms with Gasteiger partial charge in [-0.25, -0.2) is 14.7 Å². The number of carbonyl (C=O) groups excluding carboxylic acids is 1. The first-order valence-electron chi connectivity index (χ1n) is 10.7. The van der Waals surface area contributed by atoms with Gasteiger partial charge in [0.2, 0.25) is 0 Å². The molecule has 1 aliphatic heterocycles. The van der Waals surface area contributed by atoms with Gasteiger partial charge in [0.15, 0.2) is 12.0 Å². The predicted octanol–water partition coefficient (Wildman–Crippen LogP) is 4.70. The molecule has 1 atom stereocenters. The highest BCUT2D eigenvalue weighted by Gasteiger charge is 2.41. The molecule has 1 aliphatic rings. The number of aliphatic hydroxyl groups is 1. The molecule has 7 nitrogen and oxygen atoms in total. The molecular formula is C26H24N4O3. The Morgan fingerprint density at radius 1 is 0.909 bits per heavy atom. The van der Waals surface area contributed by atoms with Crippen molar-refractivity contribution in [2.45, 2.75) is 19.3 Å². The Labute approximate surface area is 192 Å². The molecule has 4 aromatic rings. The normalized spacial score (nSPS) is 15.5. The number of para-hydroxylation sites is 2. The number of rotatable bonds is 6. The van der Waals surface area contributed by atoms with Gasteiger partial charge in [0.1, 0.15) is 11.4 Å². The number of anilines is 2. The number of amides is 2. The van der Waals surface area contributed by atoms with Crippen LogP contribution in [0.15, 0.2) is 91.3 Å². The Hall–Kier alpha value is -4.10. The lowest BCUT2D eigenvalue weighted by atomic mass is 10.1. The van der Waals surface area contributed by atoms with E-state index in [9.17, 15) is 9.90 Å². The summed E-state index contributed by atoms with van der Waals surface area (Å²) in [6.07, 6.45) is 0.514. The average Bonchev–Trinajstić information content (AvgIpc) is 3.27. The van der Waals surface area contributed by atoms with Gasteiger partial charge in [-0.3, -0.25) is 4.90 Å². The van der Waals surface area contributed by atoms with Crippen LogP contribution >= 0.6 is 0 Å². The van der Waals surface area contributed by atoms with Crippen LogP contribution in [0.2, 0.25) is 0 Å². The number of hydrogen-bond donors (Lipinski definition) is 1. The van der Waals surface area contributed by atoms with Gasteiger partial charge in [-0.05, 0) is 23.8 Å². The zero-order valence-corrected chi connectivity index (χ0v) is 18.2. The van der Waals surface area contributed by atoms with E-state index < -0.39 is 6.23 Å². The first kappa shape index (κ1) is 20.8. The van der Waals surface area contributed by atoms with Gasteiger partial charge in [0, 0.05) is 5.56 Å². The Bertz CT molecular complexity index is 1260. The molecule has 7 heteroatoms. The predicted molar refractivity (Wildman–Crippen MR) is 125 cm³/mol. The molecule has 0 saturated carbocycles. The molecule has 33 heavy (non-hydrogen) atoms. The van der Waals surface area contributed by atoms with E-state index in [1.54, 1.807) is 18.3 Å². The third-order valence-electron chi connectivity index (χ3n) is 5.79. The number of benzene rings is 3. The van der Waals surface area contributed by atoms with E-state index in [4.69, 9.17) is 4.74 Å². The topological polar surface area (TPSA) is 70.8 Å². The number of urea groups is 1. The molecule has 0 bridgehead atoms. The minimum absolute atomic E-state index is 0.267. The number of fused-ring (bicyclic) bond motifs is 1. The van der Waals surface area contributed by atoms with Crippen molar-refractivity contribution in [2.24, 2.45) is 0 Å². The van der Waals surface area contributed by atoms with Crippen LogP contribution < -0.4 is 9.64 Å². The van der Waals surface area contributed by atoms with Crippen LogP contribution in [-0.4, -0.2) is 32.7 Å². The van der Waals surface area contributed by atoms with Gasteiger partial charge < -0.3 is 14.4 Å². The molecule has 2 amide bonds. The molecule has 2 heterocycles. The molecule has 1 aromatic heterocycles. The van der Waals surface area contributed by atoms with E-state index in [1.165, 1.54) is 4.90 Å². The molecule has 0 radical (unpaired) electrons. The van der Waals surface area contributed by atoms with Crippen molar-refractivity contribution in [2.75, 3.05) is 12.0 Å². The number of imidazole rings is 1. The highest BCUT2D eigenvalue weighted by molar-refractivity contribution is 6.00. The summed E-state index contributed by atoms with van der Waals surface area (Å²) in [4.78, 5) is 21.2. The first-order chi connectivity index (χ1) is 16.2. The molecule has 0 spiro atoms. The maximum Gasteiger partial charge on any atom is 0.333 e. The van der Waals surface area contributed by atoms with E-state index in [2.05, 4.69) is 4.98 Å². The number of aliphatic hydroxyl groups excluding tert-OH is 1. The fourth-order valence-corrected chi connectivity index (χ4v) is 4.18. The SMILES string of the molecule is COc1ccccc1Cn1cnc2c1C(O)N(Cc1ccccc1)C(=O)N2c1ccccc1. The number of ether oxygens (including phenoxy) is 1. The minimum Gasteiger partial charge on any atom is -0.496 e. The van der Waals surface area contributed by atoms with Crippen molar-refractivity contribution < 1.29 is 14.6 Å². The summed E-state index contributed by atoms with van der Waals surface area (Å²) in [7, 11) is 1.63. The minimum atomic E-state index is -1.15. The zero-order valence-electron chi connectivity index (χ0n) is 18.2. The molecule has 166 valence electrons. The van der Waals surface area contributed by atoms with Crippen LogP contribution in [0.3, 0.4) is 0 Å². The Morgan fingerprint density at radius 2 is 1.58 bits per heavy atom. The number of carbonyl (C=O) groups is 1. The van der Waals surface area contributed by atoms with Gasteiger partial charge in [0.05, 0.1) is 32.2 Å². The lowest BCUT2D eigenvalue weighted by Crippen LogP contribution is -2.47. The largest absolute Gasteiger partial charge is 0.496 e. The monoisotopic (exact) mass is 440 g/mol. The van der Waals surface area contributed by atoms with E-state index in [-0.39, 0.29) is 12.6 Å². The van der Waals surface area contributed by atoms with Crippen molar-refractivity contribution >= 4 is 17.5 Å². The summed E-state index contributed by atoms with van der Waals surface area (Å²) in [5.41, 5.74) is 3.12. The third-order valence-corrected chi connectivity index (χ3v) is 5.79. The van der Waals surface area contributed by atoms with Crippen LogP contribution in [0.5, 0.6) is 5.75 Å². The van der Waals surface area contributed by atoms with Crippen LogP contribution in [0.4, 0.5) is 16.3 Å². The summed E-state index contributed by atoms with van der Waals surface area (Å²) < 4.78 is 7.37. The number of hydrogen-bond acceptors (Lipinski definition) is 4. The smallest absolute Gasteiger partial charge is 0.333 e. The maximum atomic E-state index is 13.6. The molecule has 0 aliphatic carbocycles. The Morgan fingerprint density at radius 3 is 2.30 bits per heavy atom. The van der Waals surface area contributed by atoms with Crippen LogP contribution in [0.1, 0.15) is 23.0 Å². The van der Waals surface area contributed by atoms with Crippen molar-refractivity contribution in [3.05, 3.63) is 108 Å². The van der Waals surface area contributed by atoms with Gasteiger partial charge in [-0.1, -0.05) is 66.7 Å². The highest BCUT2D eigenvalue weighted by Crippen LogP contribution is 2.40. The fourth-order valence-electron chi connectivity index (χ4n) is 4.18. The van der Waals surface area contributed by atoms with Gasteiger partial charge in [-0.2, -0.15) is 0 Å². The fraction of sp³-hybridized carbons (Fsp3) is 0.154. The second-order valence-corrected chi connectivity index (χ2v) is 7.83. The van der Waals surface area contributed by atoms with E-state index >= 15 is 0 Å². The van der Waals surface area contributed by atoms with Gasteiger partial charge in [0.25, 0.3) is 0 Å². The third kappa shape index (κ3) is 3.83. The molecule has 1 unspecified atom stereocenters. The summed E-state index contributed by atoms with van der Waals surface area (Å²) in [6, 6.07) is 26.4.